The van der Waals surface area contributed by atoms with Gasteiger partial charge in [-0.3, -0.25) is 9.59 Å². The molecule has 0 bridgehead atoms. The van der Waals surface area contributed by atoms with E-state index in [4.69, 9.17) is 0 Å². The van der Waals surface area contributed by atoms with Crippen molar-refractivity contribution < 1.29 is 9.59 Å². The second-order valence-electron chi connectivity index (χ2n) is 10.3. The molecule has 0 aliphatic rings. The van der Waals surface area contributed by atoms with Crippen molar-refractivity contribution in [2.45, 2.75) is 58.8 Å². The van der Waals surface area contributed by atoms with Crippen LogP contribution in [0, 0.1) is 0 Å². The Morgan fingerprint density at radius 1 is 0.636 bits per heavy atom. The van der Waals surface area contributed by atoms with Crippen molar-refractivity contribution in [1.29, 1.82) is 0 Å². The van der Waals surface area contributed by atoms with E-state index < -0.39 is 0 Å². The van der Waals surface area contributed by atoms with E-state index in [2.05, 4.69) is 76.4 Å². The molecule has 2 aromatic carbocycles. The highest BCUT2D eigenvalue weighted by molar-refractivity contribution is 5.92. The summed E-state index contributed by atoms with van der Waals surface area (Å²) in [6.07, 6.45) is 7.36. The third-order valence-corrected chi connectivity index (χ3v) is 5.36. The quantitative estimate of drug-likeness (QED) is 0.408. The number of carbonyl (C=O) groups excluding carboxylic acids is 2. The highest BCUT2D eigenvalue weighted by Gasteiger charge is 2.13. The van der Waals surface area contributed by atoms with E-state index >= 15 is 0 Å². The molecule has 2 rings (SSSR count). The molecule has 0 aromatic heterocycles. The molecule has 0 fully saturated rings. The standard InChI is InChI=1S/C29H38N2O2/c1-28(2,3)24-14-8-22(9-15-24)12-18-26(32)30-20-7-21-31-27(33)19-13-23-10-16-25(17-11-23)29(4,5)6/h8-19H,7,20-21H2,1-6H3,(H,30,32)(H,31,33). The lowest BCUT2D eigenvalue weighted by Gasteiger charge is -2.18. The number of nitrogens with one attached hydrogen (secondary N) is 2. The number of amides is 2. The molecular formula is C29H38N2O2. The van der Waals surface area contributed by atoms with Crippen LogP contribution in [0.25, 0.3) is 12.2 Å². The summed E-state index contributed by atoms with van der Waals surface area (Å²) in [4.78, 5) is 24.0. The molecule has 0 aliphatic carbocycles. The first-order valence-corrected chi connectivity index (χ1v) is 11.6. The van der Waals surface area contributed by atoms with Gasteiger partial charge in [-0.15, -0.1) is 0 Å². The van der Waals surface area contributed by atoms with Crippen LogP contribution in [0.15, 0.2) is 60.7 Å². The largest absolute Gasteiger partial charge is 0.352 e. The number of hydrogen-bond donors (Lipinski definition) is 2. The minimum atomic E-state index is -0.139. The SMILES string of the molecule is CC(C)(C)c1ccc(C=CC(=O)NCCCNC(=O)C=Cc2ccc(C(C)(C)C)cc2)cc1. The Balaban J connectivity index is 1.66. The molecule has 0 unspecified atom stereocenters. The Morgan fingerprint density at radius 2 is 0.970 bits per heavy atom. The Kier molecular flexibility index (Phi) is 9.22. The van der Waals surface area contributed by atoms with Crippen LogP contribution in [-0.4, -0.2) is 24.9 Å². The van der Waals surface area contributed by atoms with Gasteiger partial charge < -0.3 is 10.6 Å². The van der Waals surface area contributed by atoms with E-state index in [0.717, 1.165) is 11.1 Å². The molecule has 0 radical (unpaired) electrons. The molecule has 176 valence electrons. The monoisotopic (exact) mass is 446 g/mol. The van der Waals surface area contributed by atoms with Crippen molar-refractivity contribution in [1.82, 2.24) is 10.6 Å². The van der Waals surface area contributed by atoms with Crippen molar-refractivity contribution in [2.75, 3.05) is 13.1 Å². The van der Waals surface area contributed by atoms with Crippen LogP contribution in [-0.2, 0) is 20.4 Å². The fourth-order valence-electron chi connectivity index (χ4n) is 3.16. The van der Waals surface area contributed by atoms with Crippen LogP contribution < -0.4 is 10.6 Å². The maximum absolute atomic E-state index is 12.0. The maximum atomic E-state index is 12.0. The Bertz CT molecular complexity index is 889. The van der Waals surface area contributed by atoms with Gasteiger partial charge in [0, 0.05) is 25.2 Å². The zero-order valence-electron chi connectivity index (χ0n) is 20.9. The molecule has 4 nitrogen and oxygen atoms in total. The van der Waals surface area contributed by atoms with Crippen LogP contribution in [0.5, 0.6) is 0 Å². The van der Waals surface area contributed by atoms with Crippen LogP contribution >= 0.6 is 0 Å². The zero-order valence-corrected chi connectivity index (χ0v) is 20.9. The number of hydrogen-bond acceptors (Lipinski definition) is 2. The summed E-state index contributed by atoms with van der Waals surface area (Å²) in [5.74, 6) is -0.278. The minimum absolute atomic E-state index is 0.114. The van der Waals surface area contributed by atoms with Crippen molar-refractivity contribution in [2.24, 2.45) is 0 Å². The molecule has 0 aliphatic heterocycles. The molecule has 0 saturated carbocycles. The van der Waals surface area contributed by atoms with Gasteiger partial charge in [0.2, 0.25) is 11.8 Å². The first kappa shape index (κ1) is 26.1. The lowest BCUT2D eigenvalue weighted by Crippen LogP contribution is -2.28. The van der Waals surface area contributed by atoms with Crippen molar-refractivity contribution >= 4 is 24.0 Å². The topological polar surface area (TPSA) is 58.2 Å². The van der Waals surface area contributed by atoms with Gasteiger partial charge in [0.05, 0.1) is 0 Å². The lowest BCUT2D eigenvalue weighted by atomic mass is 9.87. The third kappa shape index (κ3) is 9.48. The number of carbonyl (C=O) groups is 2. The predicted octanol–water partition coefficient (Wildman–Crippen LogP) is 5.63. The summed E-state index contributed by atoms with van der Waals surface area (Å²) in [5, 5.41) is 5.68. The number of rotatable bonds is 8. The second kappa shape index (κ2) is 11.6. The lowest BCUT2D eigenvalue weighted by molar-refractivity contribution is -0.116. The van der Waals surface area contributed by atoms with Gasteiger partial charge in [-0.2, -0.15) is 0 Å². The average Bonchev–Trinajstić information content (AvgIpc) is 2.75. The second-order valence-corrected chi connectivity index (χ2v) is 10.3. The molecule has 2 amide bonds. The molecule has 0 saturated heterocycles. The highest BCUT2D eigenvalue weighted by atomic mass is 16.2. The molecule has 2 aromatic rings. The molecule has 0 spiro atoms. The summed E-state index contributed by atoms with van der Waals surface area (Å²) in [7, 11) is 0. The van der Waals surface area contributed by atoms with Crippen molar-refractivity contribution in [3.05, 3.63) is 82.9 Å². The van der Waals surface area contributed by atoms with Crippen LogP contribution in [0.3, 0.4) is 0 Å². The molecule has 4 heteroatoms. The van der Waals surface area contributed by atoms with Crippen LogP contribution in [0.2, 0.25) is 0 Å². The van der Waals surface area contributed by atoms with E-state index in [1.165, 1.54) is 11.1 Å². The van der Waals surface area contributed by atoms with Crippen molar-refractivity contribution in [3.63, 3.8) is 0 Å². The summed E-state index contributed by atoms with van der Waals surface area (Å²) >= 11 is 0. The van der Waals surface area contributed by atoms with E-state index in [9.17, 15) is 9.59 Å². The van der Waals surface area contributed by atoms with Gasteiger partial charge in [0.1, 0.15) is 0 Å². The van der Waals surface area contributed by atoms with Gasteiger partial charge in [0.25, 0.3) is 0 Å². The first-order chi connectivity index (χ1) is 15.4. The Hall–Kier alpha value is -3.14. The zero-order chi connectivity index (χ0) is 24.5. The summed E-state index contributed by atoms with van der Waals surface area (Å²) in [5.41, 5.74) is 4.74. The molecular weight excluding hydrogens is 408 g/mol. The fourth-order valence-corrected chi connectivity index (χ4v) is 3.16. The Morgan fingerprint density at radius 3 is 1.27 bits per heavy atom. The summed E-state index contributed by atoms with van der Waals surface area (Å²) < 4.78 is 0. The summed E-state index contributed by atoms with van der Waals surface area (Å²) in [6, 6.07) is 16.5. The van der Waals surface area contributed by atoms with Crippen molar-refractivity contribution in [3.8, 4) is 0 Å². The maximum Gasteiger partial charge on any atom is 0.244 e. The molecule has 0 atom stereocenters. The first-order valence-electron chi connectivity index (χ1n) is 11.6. The van der Waals surface area contributed by atoms with Crippen LogP contribution in [0.4, 0.5) is 0 Å². The van der Waals surface area contributed by atoms with Gasteiger partial charge >= 0.3 is 0 Å². The average molecular weight is 447 g/mol. The van der Waals surface area contributed by atoms with Gasteiger partial charge in [-0.05, 0) is 51.7 Å². The predicted molar refractivity (Wildman–Crippen MR) is 139 cm³/mol. The number of benzene rings is 2. The van der Waals surface area contributed by atoms with E-state index in [1.807, 2.05) is 36.4 Å². The summed E-state index contributed by atoms with van der Waals surface area (Å²) in [6.45, 7) is 14.1. The normalized spacial score (nSPS) is 12.3. The molecule has 2 N–H and O–H groups in total. The van der Waals surface area contributed by atoms with E-state index in [1.54, 1.807) is 12.2 Å². The van der Waals surface area contributed by atoms with Gasteiger partial charge in [-0.25, -0.2) is 0 Å². The molecule has 33 heavy (non-hydrogen) atoms. The molecule has 0 heterocycles. The minimum Gasteiger partial charge on any atom is -0.352 e. The van der Waals surface area contributed by atoms with E-state index in [-0.39, 0.29) is 22.6 Å². The fraction of sp³-hybridized carbons (Fsp3) is 0.379. The highest BCUT2D eigenvalue weighted by Crippen LogP contribution is 2.23. The van der Waals surface area contributed by atoms with E-state index in [0.29, 0.717) is 19.5 Å². The van der Waals surface area contributed by atoms with Gasteiger partial charge in [0.15, 0.2) is 0 Å². The Labute approximate surface area is 199 Å². The smallest absolute Gasteiger partial charge is 0.244 e. The van der Waals surface area contributed by atoms with Gasteiger partial charge in [-0.1, -0.05) is 90.1 Å². The third-order valence-electron chi connectivity index (χ3n) is 5.36. The van der Waals surface area contributed by atoms with Crippen LogP contribution in [0.1, 0.15) is 70.2 Å².